The van der Waals surface area contributed by atoms with Crippen molar-refractivity contribution in [2.45, 2.75) is 18.6 Å². The van der Waals surface area contributed by atoms with Crippen molar-refractivity contribution in [1.82, 2.24) is 19.6 Å². The molecular formula is C20H19N5O3. The molecule has 2 fully saturated rings. The molecule has 2 aliphatic rings. The molecule has 0 radical (unpaired) electrons. The van der Waals surface area contributed by atoms with E-state index in [9.17, 15) is 0 Å². The third-order valence-electron chi connectivity index (χ3n) is 5.59. The van der Waals surface area contributed by atoms with Crippen molar-refractivity contribution in [3.8, 4) is 11.6 Å². The summed E-state index contributed by atoms with van der Waals surface area (Å²) in [6.45, 7) is 2.92. The lowest BCUT2D eigenvalue weighted by atomic mass is 10.0. The number of aromatic nitrogens is 4. The van der Waals surface area contributed by atoms with Gasteiger partial charge in [-0.1, -0.05) is 12.1 Å². The maximum Gasteiger partial charge on any atom is 0.213 e. The van der Waals surface area contributed by atoms with Crippen LogP contribution in [0.15, 0.2) is 47.1 Å². The summed E-state index contributed by atoms with van der Waals surface area (Å²) in [5.41, 5.74) is 1.68. The summed E-state index contributed by atoms with van der Waals surface area (Å²) in [6, 6.07) is 11.8. The van der Waals surface area contributed by atoms with E-state index in [2.05, 4.69) is 15.1 Å². The van der Waals surface area contributed by atoms with E-state index in [1.165, 1.54) is 0 Å². The average molecular weight is 377 g/mol. The van der Waals surface area contributed by atoms with Crippen molar-refractivity contribution in [2.24, 2.45) is 0 Å². The third-order valence-corrected chi connectivity index (χ3v) is 5.59. The molecule has 8 heteroatoms. The zero-order chi connectivity index (χ0) is 18.6. The molecule has 8 nitrogen and oxygen atoms in total. The number of benzene rings is 1. The Hall–Kier alpha value is -2.97. The van der Waals surface area contributed by atoms with Crippen LogP contribution in [0.4, 0.5) is 5.95 Å². The highest BCUT2D eigenvalue weighted by molar-refractivity contribution is 5.93. The van der Waals surface area contributed by atoms with E-state index in [1.54, 1.807) is 6.26 Å². The van der Waals surface area contributed by atoms with Crippen LogP contribution in [0.5, 0.6) is 0 Å². The van der Waals surface area contributed by atoms with Gasteiger partial charge in [0.2, 0.25) is 11.8 Å². The van der Waals surface area contributed by atoms with Gasteiger partial charge in [-0.2, -0.15) is 0 Å². The van der Waals surface area contributed by atoms with Crippen molar-refractivity contribution in [3.63, 3.8) is 0 Å². The molecule has 142 valence electrons. The van der Waals surface area contributed by atoms with Gasteiger partial charge in [0.1, 0.15) is 0 Å². The molecule has 0 N–H and O–H groups in total. The van der Waals surface area contributed by atoms with Gasteiger partial charge >= 0.3 is 0 Å². The van der Waals surface area contributed by atoms with E-state index in [0.29, 0.717) is 24.8 Å². The minimum absolute atomic E-state index is 0.427. The highest BCUT2D eigenvalue weighted by Gasteiger charge is 2.40. The molecule has 0 bridgehead atoms. The second kappa shape index (κ2) is 6.02. The monoisotopic (exact) mass is 377 g/mol. The van der Waals surface area contributed by atoms with E-state index in [4.69, 9.17) is 18.9 Å². The molecular weight excluding hydrogens is 358 g/mol. The average Bonchev–Trinajstić information content (AvgIpc) is 3.49. The normalized spacial score (nSPS) is 19.2. The summed E-state index contributed by atoms with van der Waals surface area (Å²) in [7, 11) is 0. The second-order valence-corrected chi connectivity index (χ2v) is 7.18. The zero-order valence-corrected chi connectivity index (χ0v) is 15.2. The van der Waals surface area contributed by atoms with Crippen molar-refractivity contribution >= 4 is 22.5 Å². The molecule has 1 spiro atoms. The smallest absolute Gasteiger partial charge is 0.213 e. The Morgan fingerprint density at radius 3 is 2.54 bits per heavy atom. The van der Waals surface area contributed by atoms with E-state index < -0.39 is 5.79 Å². The topological polar surface area (TPSA) is 77.9 Å². The number of anilines is 1. The van der Waals surface area contributed by atoms with Crippen LogP contribution >= 0.6 is 0 Å². The van der Waals surface area contributed by atoms with Crippen molar-refractivity contribution < 1.29 is 13.9 Å². The molecule has 5 heterocycles. The Bertz CT molecular complexity index is 1140. The minimum atomic E-state index is -0.427. The molecule has 4 aromatic rings. The fourth-order valence-corrected chi connectivity index (χ4v) is 4.18. The first-order valence-electron chi connectivity index (χ1n) is 9.54. The molecule has 6 rings (SSSR count). The third kappa shape index (κ3) is 2.35. The molecule has 0 aliphatic carbocycles. The van der Waals surface area contributed by atoms with Gasteiger partial charge in [-0.25, -0.2) is 9.38 Å². The molecule has 0 amide bonds. The molecule has 0 atom stereocenters. The van der Waals surface area contributed by atoms with E-state index in [1.807, 2.05) is 40.8 Å². The molecule has 2 aliphatic heterocycles. The van der Waals surface area contributed by atoms with Crippen molar-refractivity contribution in [2.75, 3.05) is 31.2 Å². The van der Waals surface area contributed by atoms with E-state index in [0.717, 1.165) is 48.4 Å². The zero-order valence-electron chi connectivity index (χ0n) is 15.2. The standard InChI is InChI=1S/C20H19N5O3/c1-2-5-15-14(4-1)17-22-23-18(16-6-3-11-26-16)25(17)19(21-15)24-9-7-20(8-10-24)27-12-13-28-20/h1-6,11H,7-10,12-13H2. The predicted molar refractivity (Wildman–Crippen MR) is 102 cm³/mol. The minimum Gasteiger partial charge on any atom is -0.461 e. The van der Waals surface area contributed by atoms with Crippen LogP contribution in [0.25, 0.3) is 28.1 Å². The van der Waals surface area contributed by atoms with Gasteiger partial charge in [0.15, 0.2) is 17.2 Å². The van der Waals surface area contributed by atoms with Crippen molar-refractivity contribution in [3.05, 3.63) is 42.7 Å². The summed E-state index contributed by atoms with van der Waals surface area (Å²) in [6.07, 6.45) is 3.26. The van der Waals surface area contributed by atoms with Gasteiger partial charge in [-0.05, 0) is 24.3 Å². The summed E-state index contributed by atoms with van der Waals surface area (Å²) >= 11 is 0. The van der Waals surface area contributed by atoms with Crippen LogP contribution in [-0.4, -0.2) is 51.7 Å². The van der Waals surface area contributed by atoms with Crippen LogP contribution in [0.2, 0.25) is 0 Å². The van der Waals surface area contributed by atoms with Gasteiger partial charge in [0.05, 0.1) is 25.0 Å². The Labute approximate surface area is 160 Å². The largest absolute Gasteiger partial charge is 0.461 e. The fourth-order valence-electron chi connectivity index (χ4n) is 4.18. The Balaban J connectivity index is 1.51. The number of hydrogen-bond donors (Lipinski definition) is 0. The number of piperidine rings is 1. The SMILES string of the molecule is c1coc(-c2nnc3c4ccccc4nc(N4CCC5(CC4)OCCO5)n23)c1. The summed E-state index contributed by atoms with van der Waals surface area (Å²) in [5.74, 6) is 1.71. The molecule has 0 unspecified atom stereocenters. The predicted octanol–water partition coefficient (Wildman–Crippen LogP) is 2.88. The maximum atomic E-state index is 5.88. The van der Waals surface area contributed by atoms with Crippen LogP contribution in [0.3, 0.4) is 0 Å². The number of nitrogens with zero attached hydrogens (tertiary/aromatic N) is 5. The van der Waals surface area contributed by atoms with E-state index in [-0.39, 0.29) is 0 Å². The number of furan rings is 1. The van der Waals surface area contributed by atoms with Gasteiger partial charge in [0, 0.05) is 31.3 Å². The number of ether oxygens (including phenoxy) is 2. The second-order valence-electron chi connectivity index (χ2n) is 7.18. The first-order valence-corrected chi connectivity index (χ1v) is 9.54. The molecule has 28 heavy (non-hydrogen) atoms. The molecule has 1 aromatic carbocycles. The highest BCUT2D eigenvalue weighted by atomic mass is 16.7. The summed E-state index contributed by atoms with van der Waals surface area (Å²) < 4.78 is 19.4. The van der Waals surface area contributed by atoms with Crippen LogP contribution in [0.1, 0.15) is 12.8 Å². The Kier molecular flexibility index (Phi) is 3.44. The van der Waals surface area contributed by atoms with Gasteiger partial charge in [0.25, 0.3) is 0 Å². The summed E-state index contributed by atoms with van der Waals surface area (Å²) in [4.78, 5) is 7.23. The highest BCUT2D eigenvalue weighted by Crippen LogP contribution is 2.35. The number of para-hydroxylation sites is 1. The molecule has 2 saturated heterocycles. The fraction of sp³-hybridized carbons (Fsp3) is 0.350. The number of hydrogen-bond acceptors (Lipinski definition) is 7. The maximum absolute atomic E-state index is 5.88. The molecule has 0 saturated carbocycles. The first-order chi connectivity index (χ1) is 13.8. The van der Waals surface area contributed by atoms with Crippen LogP contribution in [-0.2, 0) is 9.47 Å². The Morgan fingerprint density at radius 1 is 0.929 bits per heavy atom. The Morgan fingerprint density at radius 2 is 1.75 bits per heavy atom. The lowest BCUT2D eigenvalue weighted by molar-refractivity contribution is -0.169. The van der Waals surface area contributed by atoms with E-state index >= 15 is 0 Å². The number of rotatable bonds is 2. The summed E-state index contributed by atoms with van der Waals surface area (Å²) in [5, 5.41) is 9.85. The van der Waals surface area contributed by atoms with Crippen LogP contribution < -0.4 is 4.90 Å². The lowest BCUT2D eigenvalue weighted by Gasteiger charge is -2.38. The van der Waals surface area contributed by atoms with Gasteiger partial charge in [-0.15, -0.1) is 10.2 Å². The lowest BCUT2D eigenvalue weighted by Crippen LogP contribution is -2.46. The van der Waals surface area contributed by atoms with Gasteiger partial charge < -0.3 is 18.8 Å². The van der Waals surface area contributed by atoms with Crippen LogP contribution in [0, 0.1) is 0 Å². The quantitative estimate of drug-likeness (QED) is 0.531. The van der Waals surface area contributed by atoms with Crippen molar-refractivity contribution in [1.29, 1.82) is 0 Å². The first kappa shape index (κ1) is 16.0. The molecule has 3 aromatic heterocycles. The number of fused-ring (bicyclic) bond motifs is 3. The van der Waals surface area contributed by atoms with Gasteiger partial charge in [-0.3, -0.25) is 0 Å².